The van der Waals surface area contributed by atoms with Crippen molar-refractivity contribution in [3.05, 3.63) is 0 Å². The van der Waals surface area contributed by atoms with E-state index < -0.39 is 0 Å². The van der Waals surface area contributed by atoms with Gasteiger partial charge in [0.05, 0.1) is 6.10 Å². The summed E-state index contributed by atoms with van der Waals surface area (Å²) in [6, 6.07) is 0.593. The number of methoxy groups -OCH3 is 2. The molecule has 2 atom stereocenters. The molecule has 1 aliphatic heterocycles. The first kappa shape index (κ1) is 14.9. The Bertz CT molecular complexity index is 190. The van der Waals surface area contributed by atoms with Crippen LogP contribution in [0.15, 0.2) is 0 Å². The summed E-state index contributed by atoms with van der Waals surface area (Å²) < 4.78 is 10.5. The smallest absolute Gasteiger partial charge is 0.0698 e. The first-order valence-electron chi connectivity index (χ1n) is 6.74. The molecule has 0 saturated carbocycles. The fourth-order valence-corrected chi connectivity index (χ4v) is 2.34. The largest absolute Gasteiger partial charge is 0.385 e. The third kappa shape index (κ3) is 5.82. The highest BCUT2D eigenvalue weighted by Gasteiger charge is 2.22. The Labute approximate surface area is 106 Å². The zero-order chi connectivity index (χ0) is 12.5. The lowest BCUT2D eigenvalue weighted by atomic mass is 10.1. The topological polar surface area (TPSA) is 33.7 Å². The predicted molar refractivity (Wildman–Crippen MR) is 70.4 cm³/mol. The third-order valence-corrected chi connectivity index (χ3v) is 3.51. The van der Waals surface area contributed by atoms with Gasteiger partial charge < -0.3 is 14.8 Å². The molecule has 102 valence electrons. The second-order valence-corrected chi connectivity index (χ2v) is 4.89. The highest BCUT2D eigenvalue weighted by molar-refractivity contribution is 4.78. The van der Waals surface area contributed by atoms with Crippen LogP contribution in [0.3, 0.4) is 0 Å². The third-order valence-electron chi connectivity index (χ3n) is 3.51. The molecule has 0 aromatic heterocycles. The first-order chi connectivity index (χ1) is 8.27. The Hall–Kier alpha value is -0.160. The van der Waals surface area contributed by atoms with E-state index in [1.165, 1.54) is 19.4 Å². The molecule has 0 spiro atoms. The number of ether oxygens (including phenoxy) is 2. The molecule has 4 heteroatoms. The summed E-state index contributed by atoms with van der Waals surface area (Å²) in [5.74, 6) is 0. The first-order valence-corrected chi connectivity index (χ1v) is 6.74. The Morgan fingerprint density at radius 3 is 2.94 bits per heavy atom. The summed E-state index contributed by atoms with van der Waals surface area (Å²) in [6.07, 6.45) is 3.98. The van der Waals surface area contributed by atoms with E-state index in [2.05, 4.69) is 17.1 Å². The van der Waals surface area contributed by atoms with E-state index in [0.717, 1.165) is 32.7 Å². The molecule has 1 fully saturated rings. The number of hydrogen-bond acceptors (Lipinski definition) is 4. The minimum Gasteiger partial charge on any atom is -0.385 e. The summed E-state index contributed by atoms with van der Waals surface area (Å²) in [5.41, 5.74) is 0. The minimum absolute atomic E-state index is 0.430. The lowest BCUT2D eigenvalue weighted by molar-refractivity contribution is 0.0175. The number of likely N-dealkylation sites (tertiary alicyclic amines) is 1. The van der Waals surface area contributed by atoms with Gasteiger partial charge in [0.2, 0.25) is 0 Å². The van der Waals surface area contributed by atoms with Gasteiger partial charge in [-0.1, -0.05) is 0 Å². The van der Waals surface area contributed by atoms with Crippen LogP contribution in [0.2, 0.25) is 0 Å². The number of nitrogens with zero attached hydrogens (tertiary/aromatic N) is 1. The molecule has 1 N–H and O–H groups in total. The lowest BCUT2D eigenvalue weighted by Gasteiger charge is -2.36. The highest BCUT2D eigenvalue weighted by Crippen LogP contribution is 2.14. The van der Waals surface area contributed by atoms with E-state index in [4.69, 9.17) is 9.47 Å². The van der Waals surface area contributed by atoms with Crippen molar-refractivity contribution in [2.75, 3.05) is 47.0 Å². The Balaban J connectivity index is 2.11. The zero-order valence-corrected chi connectivity index (χ0v) is 11.6. The molecule has 0 bridgehead atoms. The Kier molecular flexibility index (Phi) is 7.77. The maximum absolute atomic E-state index is 5.45. The molecular formula is C13H28N2O2. The molecule has 1 aliphatic rings. The van der Waals surface area contributed by atoms with Crippen molar-refractivity contribution in [3.8, 4) is 0 Å². The minimum atomic E-state index is 0.430. The van der Waals surface area contributed by atoms with Crippen molar-refractivity contribution in [3.63, 3.8) is 0 Å². The molecule has 0 aliphatic carbocycles. The Morgan fingerprint density at radius 1 is 1.41 bits per heavy atom. The van der Waals surface area contributed by atoms with Gasteiger partial charge in [-0.15, -0.1) is 0 Å². The van der Waals surface area contributed by atoms with E-state index in [-0.39, 0.29) is 0 Å². The monoisotopic (exact) mass is 244 g/mol. The Morgan fingerprint density at radius 2 is 2.24 bits per heavy atom. The van der Waals surface area contributed by atoms with Crippen LogP contribution < -0.4 is 5.32 Å². The van der Waals surface area contributed by atoms with Crippen LogP contribution in [0, 0.1) is 0 Å². The van der Waals surface area contributed by atoms with Crippen molar-refractivity contribution in [1.29, 1.82) is 0 Å². The fourth-order valence-electron chi connectivity index (χ4n) is 2.34. The average Bonchev–Trinajstić information content (AvgIpc) is 2.38. The van der Waals surface area contributed by atoms with Crippen LogP contribution in [-0.2, 0) is 9.47 Å². The maximum atomic E-state index is 5.45. The van der Waals surface area contributed by atoms with Crippen LogP contribution in [0.1, 0.15) is 26.2 Å². The second kappa shape index (κ2) is 8.86. The molecule has 0 aromatic carbocycles. The molecule has 2 unspecified atom stereocenters. The van der Waals surface area contributed by atoms with Gasteiger partial charge in [0.1, 0.15) is 0 Å². The average molecular weight is 244 g/mol. The second-order valence-electron chi connectivity index (χ2n) is 4.89. The van der Waals surface area contributed by atoms with Crippen molar-refractivity contribution < 1.29 is 9.47 Å². The van der Waals surface area contributed by atoms with Gasteiger partial charge in [0.15, 0.2) is 0 Å². The molecular weight excluding hydrogens is 216 g/mol. The van der Waals surface area contributed by atoms with E-state index >= 15 is 0 Å². The van der Waals surface area contributed by atoms with Gasteiger partial charge in [0, 0.05) is 40.0 Å². The quantitative estimate of drug-likeness (QED) is 0.649. The van der Waals surface area contributed by atoms with E-state index in [9.17, 15) is 0 Å². The lowest BCUT2D eigenvalue weighted by Crippen LogP contribution is -2.47. The maximum Gasteiger partial charge on any atom is 0.0698 e. The zero-order valence-electron chi connectivity index (χ0n) is 11.6. The molecule has 1 saturated heterocycles. The molecule has 0 radical (unpaired) electrons. The summed E-state index contributed by atoms with van der Waals surface area (Å²) in [6.45, 7) is 7.52. The fraction of sp³-hybridized carbons (Fsp3) is 1.00. The van der Waals surface area contributed by atoms with Gasteiger partial charge in [0.25, 0.3) is 0 Å². The van der Waals surface area contributed by atoms with Crippen LogP contribution in [0.25, 0.3) is 0 Å². The standard InChI is InChI=1S/C13H28N2O2/c1-12(10-14-7-5-9-16-2)15-8-4-6-13(11-15)17-3/h12-14H,4-11H2,1-3H3. The van der Waals surface area contributed by atoms with Crippen LogP contribution in [-0.4, -0.2) is 64.1 Å². The van der Waals surface area contributed by atoms with Gasteiger partial charge in [-0.2, -0.15) is 0 Å². The molecule has 4 nitrogen and oxygen atoms in total. The number of piperidine rings is 1. The predicted octanol–water partition coefficient (Wildman–Crippen LogP) is 1.11. The summed E-state index contributed by atoms with van der Waals surface area (Å²) in [4.78, 5) is 2.53. The summed E-state index contributed by atoms with van der Waals surface area (Å²) in [5, 5.41) is 3.49. The van der Waals surface area contributed by atoms with Gasteiger partial charge in [-0.3, -0.25) is 4.90 Å². The van der Waals surface area contributed by atoms with Crippen molar-refractivity contribution in [2.45, 2.75) is 38.3 Å². The van der Waals surface area contributed by atoms with Crippen molar-refractivity contribution in [2.24, 2.45) is 0 Å². The number of hydrogen-bond donors (Lipinski definition) is 1. The van der Waals surface area contributed by atoms with E-state index in [1.54, 1.807) is 7.11 Å². The van der Waals surface area contributed by atoms with Gasteiger partial charge >= 0.3 is 0 Å². The van der Waals surface area contributed by atoms with E-state index in [0.29, 0.717) is 12.1 Å². The molecule has 1 rings (SSSR count). The van der Waals surface area contributed by atoms with Crippen LogP contribution in [0.5, 0.6) is 0 Å². The molecule has 0 aromatic rings. The van der Waals surface area contributed by atoms with E-state index in [1.807, 2.05) is 7.11 Å². The molecule has 0 amide bonds. The normalized spacial score (nSPS) is 23.8. The summed E-state index contributed by atoms with van der Waals surface area (Å²) >= 11 is 0. The molecule has 17 heavy (non-hydrogen) atoms. The van der Waals surface area contributed by atoms with Gasteiger partial charge in [-0.05, 0) is 39.3 Å². The summed E-state index contributed by atoms with van der Waals surface area (Å²) in [7, 11) is 3.57. The van der Waals surface area contributed by atoms with Crippen LogP contribution >= 0.6 is 0 Å². The van der Waals surface area contributed by atoms with Crippen molar-refractivity contribution >= 4 is 0 Å². The highest BCUT2D eigenvalue weighted by atomic mass is 16.5. The number of nitrogens with one attached hydrogen (secondary N) is 1. The van der Waals surface area contributed by atoms with Crippen LogP contribution in [0.4, 0.5) is 0 Å². The SMILES string of the molecule is COCCCNCC(C)N1CCCC(OC)C1. The van der Waals surface area contributed by atoms with Crippen molar-refractivity contribution in [1.82, 2.24) is 10.2 Å². The number of rotatable bonds is 8. The van der Waals surface area contributed by atoms with Gasteiger partial charge in [-0.25, -0.2) is 0 Å². The molecule has 1 heterocycles.